The maximum absolute atomic E-state index is 13.8. The summed E-state index contributed by atoms with van der Waals surface area (Å²) in [6, 6.07) is 13.2. The van der Waals surface area contributed by atoms with Crippen LogP contribution in [0.3, 0.4) is 0 Å². The van der Waals surface area contributed by atoms with Gasteiger partial charge in [0.05, 0.1) is 52.5 Å². The van der Waals surface area contributed by atoms with Crippen molar-refractivity contribution in [3.63, 3.8) is 0 Å². The van der Waals surface area contributed by atoms with Gasteiger partial charge in [-0.25, -0.2) is 19.0 Å². The van der Waals surface area contributed by atoms with Crippen LogP contribution in [-0.4, -0.2) is 149 Å². The molecule has 0 aliphatic rings. The molecule has 0 aliphatic carbocycles. The highest BCUT2D eigenvalue weighted by molar-refractivity contribution is 7.88. The van der Waals surface area contributed by atoms with Crippen LogP contribution in [0.2, 0.25) is 0 Å². The SMILES string of the molecule is CC(C)(C)OC(=O)CC(C(=O)OC(C)(C)C)N(CCOCCOCCOCCN(C(CC(=O)OC(C)(C)C)C(=O)OC(C)(C)C)S(=O)(=O)NC(=O)OCc1ccccc1)S(=O)(=O)NC(=O)OCc1ccccc1. The largest absolute Gasteiger partial charge is 0.460 e. The van der Waals surface area contributed by atoms with Gasteiger partial charge in [0.1, 0.15) is 47.7 Å². The lowest BCUT2D eigenvalue weighted by molar-refractivity contribution is -0.167. The normalized spacial score (nSPS) is 13.3. The zero-order valence-electron chi connectivity index (χ0n) is 43.9. The Hall–Kier alpha value is -5.44. The highest BCUT2D eigenvalue weighted by Crippen LogP contribution is 2.21. The van der Waals surface area contributed by atoms with E-state index in [9.17, 15) is 45.6 Å². The number of nitrogens with one attached hydrogen (secondary N) is 2. The molecule has 2 unspecified atom stereocenters. The smallest absolute Gasteiger partial charge is 0.422 e. The van der Waals surface area contributed by atoms with Gasteiger partial charge in [0.15, 0.2) is 0 Å². The quantitative estimate of drug-likeness (QED) is 0.0653. The second kappa shape index (κ2) is 28.9. The van der Waals surface area contributed by atoms with Crippen molar-refractivity contribution in [2.75, 3.05) is 52.7 Å². The van der Waals surface area contributed by atoms with Gasteiger partial charge >= 0.3 is 56.5 Å². The van der Waals surface area contributed by atoms with E-state index in [0.717, 1.165) is 0 Å². The van der Waals surface area contributed by atoms with E-state index in [2.05, 4.69) is 0 Å². The predicted octanol–water partition coefficient (Wildman–Crippen LogP) is 4.87. The van der Waals surface area contributed by atoms with Gasteiger partial charge in [-0.1, -0.05) is 60.7 Å². The molecule has 2 N–H and O–H groups in total. The highest BCUT2D eigenvalue weighted by atomic mass is 32.2. The lowest BCUT2D eigenvalue weighted by Crippen LogP contribution is -2.54. The number of carbonyl (C=O) groups excluding carboxylic acids is 6. The fraction of sp³-hybridized carbons (Fsp3) is 0.625. The molecule has 0 radical (unpaired) electrons. The number of carbonyl (C=O) groups is 6. The number of ether oxygens (including phenoxy) is 9. The maximum Gasteiger partial charge on any atom is 0.422 e. The minimum Gasteiger partial charge on any atom is -0.460 e. The summed E-state index contributed by atoms with van der Waals surface area (Å²) in [6.45, 7) is 15.9. The van der Waals surface area contributed by atoms with E-state index in [-0.39, 0.29) is 52.9 Å². The standard InChI is InChI=1S/C48H74N4O19S2/c1-45(2,3)68-39(53)31-37(41(55)70-47(7,8)9)51(72(59,60)49-43(57)66-33-35-19-15-13-16-20-35)23-25-63-27-29-65-30-28-64-26-24-52(73(61,62)50-44(58)67-34-36-21-17-14-18-22-36)38(42(56)71-48(10,11)12)32-40(54)69-46(4,5)6/h13-22,37-38H,23-34H2,1-12H3,(H,49,57)(H,50,58). The molecule has 2 atom stereocenters. The van der Waals surface area contributed by atoms with E-state index in [1.165, 1.54) is 0 Å². The lowest BCUT2D eigenvalue weighted by atomic mass is 10.1. The Morgan fingerprint density at radius 3 is 1.03 bits per heavy atom. The van der Waals surface area contributed by atoms with E-state index in [0.29, 0.717) is 19.7 Å². The van der Waals surface area contributed by atoms with Crippen molar-refractivity contribution in [1.29, 1.82) is 0 Å². The summed E-state index contributed by atoms with van der Waals surface area (Å²) in [5, 5.41) is 0. The number of hydrogen-bond acceptors (Lipinski definition) is 19. The van der Waals surface area contributed by atoms with Crippen LogP contribution in [0.4, 0.5) is 9.59 Å². The minimum atomic E-state index is -4.94. The van der Waals surface area contributed by atoms with Crippen LogP contribution in [0.5, 0.6) is 0 Å². The van der Waals surface area contributed by atoms with Crippen LogP contribution in [0, 0.1) is 0 Å². The molecule has 2 aromatic carbocycles. The van der Waals surface area contributed by atoms with Crippen LogP contribution < -0.4 is 9.44 Å². The molecule has 2 amide bonds. The van der Waals surface area contributed by atoms with E-state index in [1.54, 1.807) is 153 Å². The van der Waals surface area contributed by atoms with Gasteiger partial charge in [-0.3, -0.25) is 19.2 Å². The molecule has 0 saturated carbocycles. The van der Waals surface area contributed by atoms with Crippen LogP contribution in [0.15, 0.2) is 60.7 Å². The van der Waals surface area contributed by atoms with Crippen LogP contribution in [-0.2, 0) is 95.4 Å². The first kappa shape index (κ1) is 63.7. The number of rotatable bonds is 28. The van der Waals surface area contributed by atoms with E-state index >= 15 is 0 Å². The molecule has 73 heavy (non-hydrogen) atoms. The number of benzene rings is 2. The molecule has 0 bridgehead atoms. The molecule has 412 valence electrons. The van der Waals surface area contributed by atoms with Gasteiger partial charge in [0, 0.05) is 13.1 Å². The monoisotopic (exact) mass is 1070 g/mol. The van der Waals surface area contributed by atoms with Gasteiger partial charge in [-0.15, -0.1) is 0 Å². The van der Waals surface area contributed by atoms with Crippen molar-refractivity contribution in [2.45, 2.75) is 144 Å². The van der Waals surface area contributed by atoms with Gasteiger partial charge in [-0.05, 0) is 94.2 Å². The molecule has 0 heterocycles. The third-order valence-corrected chi connectivity index (χ3v) is 11.7. The summed E-state index contributed by atoms with van der Waals surface area (Å²) in [7, 11) is -9.87. The number of hydrogen-bond donors (Lipinski definition) is 2. The van der Waals surface area contributed by atoms with E-state index < -0.39 is 117 Å². The first-order valence-corrected chi connectivity index (χ1v) is 26.2. The van der Waals surface area contributed by atoms with Crippen LogP contribution in [0.25, 0.3) is 0 Å². The topological polar surface area (TPSA) is 284 Å². The molecule has 2 aromatic rings. The van der Waals surface area contributed by atoms with Crippen LogP contribution in [0.1, 0.15) is 107 Å². The third-order valence-electron chi connectivity index (χ3n) is 8.74. The zero-order valence-corrected chi connectivity index (χ0v) is 45.5. The molecule has 0 fully saturated rings. The molecule has 25 heteroatoms. The van der Waals surface area contributed by atoms with Crippen molar-refractivity contribution in [2.24, 2.45) is 0 Å². The number of esters is 4. The Morgan fingerprint density at radius 2 is 0.740 bits per heavy atom. The average Bonchev–Trinajstić information content (AvgIpc) is 3.23. The summed E-state index contributed by atoms with van der Waals surface area (Å²) in [5.41, 5.74) is -3.10. The average molecular weight is 1080 g/mol. The molecule has 0 saturated heterocycles. The van der Waals surface area contributed by atoms with Gasteiger partial charge in [0.2, 0.25) is 0 Å². The first-order valence-electron chi connectivity index (χ1n) is 23.3. The highest BCUT2D eigenvalue weighted by Gasteiger charge is 2.42. The van der Waals surface area contributed by atoms with Crippen molar-refractivity contribution < 1.29 is 88.2 Å². The zero-order chi connectivity index (χ0) is 55.3. The van der Waals surface area contributed by atoms with E-state index in [4.69, 9.17) is 42.6 Å². The van der Waals surface area contributed by atoms with Crippen molar-refractivity contribution >= 4 is 56.5 Å². The molecule has 0 aromatic heterocycles. The fourth-order valence-corrected chi connectivity index (χ4v) is 8.39. The maximum atomic E-state index is 13.8. The van der Waals surface area contributed by atoms with Crippen molar-refractivity contribution in [3.8, 4) is 0 Å². The Morgan fingerprint density at radius 1 is 0.452 bits per heavy atom. The summed E-state index contributed by atoms with van der Waals surface area (Å²) in [5.74, 6) is -4.07. The van der Waals surface area contributed by atoms with Gasteiger partial charge < -0.3 is 42.6 Å². The fourth-order valence-electron chi connectivity index (χ4n) is 6.00. The predicted molar refractivity (Wildman–Crippen MR) is 263 cm³/mol. The second-order valence-corrected chi connectivity index (χ2v) is 23.3. The second-order valence-electron chi connectivity index (χ2n) is 20.1. The Balaban J connectivity index is 2.16. The first-order chi connectivity index (χ1) is 33.7. The molecular formula is C48H74N4O19S2. The molecule has 2 rings (SSSR count). The van der Waals surface area contributed by atoms with Crippen molar-refractivity contribution in [3.05, 3.63) is 71.8 Å². The van der Waals surface area contributed by atoms with Gasteiger partial charge in [-0.2, -0.15) is 25.4 Å². The number of amides is 2. The molecule has 0 aliphatic heterocycles. The third kappa shape index (κ3) is 27.4. The summed E-state index contributed by atoms with van der Waals surface area (Å²) < 4.78 is 109. The Kier molecular flexibility index (Phi) is 25.2. The summed E-state index contributed by atoms with van der Waals surface area (Å²) >= 11 is 0. The Bertz CT molecular complexity index is 2150. The molecule has 23 nitrogen and oxygen atoms in total. The van der Waals surface area contributed by atoms with Crippen molar-refractivity contribution in [1.82, 2.24) is 18.1 Å². The van der Waals surface area contributed by atoms with E-state index in [1.807, 2.05) is 0 Å². The molecular weight excluding hydrogens is 1000 g/mol. The number of nitrogens with zero attached hydrogens (tertiary/aromatic N) is 2. The summed E-state index contributed by atoms with van der Waals surface area (Å²) in [6.07, 6.45) is -4.30. The Labute approximate surface area is 429 Å². The molecule has 0 spiro atoms. The minimum absolute atomic E-state index is 0.0836. The lowest BCUT2D eigenvalue weighted by Gasteiger charge is -2.31. The van der Waals surface area contributed by atoms with Crippen LogP contribution >= 0.6 is 0 Å². The van der Waals surface area contributed by atoms with Gasteiger partial charge in [0.25, 0.3) is 0 Å². The summed E-state index contributed by atoms with van der Waals surface area (Å²) in [4.78, 5) is 78.8.